The molecule has 2 rings (SSSR count). The van der Waals surface area contributed by atoms with Crippen LogP contribution in [-0.2, 0) is 6.42 Å². The average molecular weight is 311 g/mol. The summed E-state index contributed by atoms with van der Waals surface area (Å²) in [4.78, 5) is 4.46. The molecule has 18 heavy (non-hydrogen) atoms. The van der Waals surface area contributed by atoms with Crippen molar-refractivity contribution in [3.05, 3.63) is 28.5 Å². The molecule has 0 amide bonds. The van der Waals surface area contributed by atoms with Crippen LogP contribution in [0.15, 0.2) is 22.8 Å². The van der Waals surface area contributed by atoms with Crippen molar-refractivity contribution in [1.82, 2.24) is 10.3 Å². The minimum absolute atomic E-state index is 0.569. The summed E-state index contributed by atoms with van der Waals surface area (Å²) >= 11 is 3.43. The Kier molecular flexibility index (Phi) is 5.64. The minimum atomic E-state index is 0.569. The third-order valence-electron chi connectivity index (χ3n) is 4.05. The maximum atomic E-state index is 4.46. The van der Waals surface area contributed by atoms with E-state index in [1.165, 1.54) is 44.2 Å². The summed E-state index contributed by atoms with van der Waals surface area (Å²) in [6, 6.07) is 4.76. The van der Waals surface area contributed by atoms with Crippen molar-refractivity contribution in [2.24, 2.45) is 5.92 Å². The van der Waals surface area contributed by atoms with E-state index in [0.29, 0.717) is 6.04 Å². The van der Waals surface area contributed by atoms with Crippen LogP contribution in [-0.4, -0.2) is 18.1 Å². The molecule has 3 heteroatoms. The van der Waals surface area contributed by atoms with Gasteiger partial charge in [0.25, 0.3) is 0 Å². The summed E-state index contributed by atoms with van der Waals surface area (Å²) in [6.45, 7) is 0. The molecule has 1 aromatic heterocycles. The topological polar surface area (TPSA) is 24.9 Å². The molecule has 1 heterocycles. The van der Waals surface area contributed by atoms with Gasteiger partial charge in [0, 0.05) is 28.8 Å². The lowest BCUT2D eigenvalue weighted by atomic mass is 9.96. The molecule has 0 saturated heterocycles. The first-order valence-electron chi connectivity index (χ1n) is 7.05. The highest BCUT2D eigenvalue weighted by atomic mass is 79.9. The summed E-state index contributed by atoms with van der Waals surface area (Å²) in [7, 11) is 2.07. The van der Waals surface area contributed by atoms with Gasteiger partial charge >= 0.3 is 0 Å². The first-order valence-corrected chi connectivity index (χ1v) is 7.85. The predicted octanol–water partition coefficient (Wildman–Crippen LogP) is 3.95. The fourth-order valence-electron chi connectivity index (χ4n) is 2.86. The normalized spacial score (nSPS) is 18.1. The lowest BCUT2D eigenvalue weighted by Gasteiger charge is -2.18. The molecule has 1 atom stereocenters. The standard InChI is InChI=1S/C15H23BrN2/c1-17-14(8-6-12-4-2-3-5-12)10-15-9-7-13(16)11-18-15/h7,9,11-12,14,17H,2-6,8,10H2,1H3. The van der Waals surface area contributed by atoms with E-state index in [1.807, 2.05) is 6.20 Å². The molecule has 0 radical (unpaired) electrons. The van der Waals surface area contributed by atoms with Gasteiger partial charge in [0.2, 0.25) is 0 Å². The monoisotopic (exact) mass is 310 g/mol. The molecule has 0 spiro atoms. The number of hydrogen-bond acceptors (Lipinski definition) is 2. The molecule has 100 valence electrons. The molecular weight excluding hydrogens is 288 g/mol. The number of pyridine rings is 1. The highest BCUT2D eigenvalue weighted by Gasteiger charge is 2.17. The number of likely N-dealkylation sites (N-methyl/N-ethyl adjacent to an activating group) is 1. The number of aromatic nitrogens is 1. The minimum Gasteiger partial charge on any atom is -0.317 e. The second-order valence-electron chi connectivity index (χ2n) is 5.39. The zero-order valence-electron chi connectivity index (χ0n) is 11.2. The van der Waals surface area contributed by atoms with Crippen LogP contribution in [0.25, 0.3) is 0 Å². The van der Waals surface area contributed by atoms with Crippen molar-refractivity contribution in [2.75, 3.05) is 7.05 Å². The van der Waals surface area contributed by atoms with Crippen LogP contribution in [0.1, 0.15) is 44.2 Å². The number of hydrogen-bond donors (Lipinski definition) is 1. The van der Waals surface area contributed by atoms with Crippen LogP contribution in [0.5, 0.6) is 0 Å². The van der Waals surface area contributed by atoms with E-state index in [-0.39, 0.29) is 0 Å². The molecule has 1 unspecified atom stereocenters. The fourth-order valence-corrected chi connectivity index (χ4v) is 3.10. The lowest BCUT2D eigenvalue weighted by Crippen LogP contribution is -2.28. The Morgan fingerprint density at radius 2 is 2.17 bits per heavy atom. The summed E-state index contributed by atoms with van der Waals surface area (Å²) in [5, 5.41) is 3.44. The molecule has 1 aromatic rings. The molecule has 0 aromatic carbocycles. The molecule has 0 aliphatic heterocycles. The maximum absolute atomic E-state index is 4.46. The largest absolute Gasteiger partial charge is 0.317 e. The number of nitrogens with zero attached hydrogens (tertiary/aromatic N) is 1. The predicted molar refractivity (Wildman–Crippen MR) is 79.7 cm³/mol. The van der Waals surface area contributed by atoms with Gasteiger partial charge in [0.15, 0.2) is 0 Å². The Labute approximate surface area is 119 Å². The zero-order chi connectivity index (χ0) is 12.8. The van der Waals surface area contributed by atoms with Gasteiger partial charge in [-0.2, -0.15) is 0 Å². The van der Waals surface area contributed by atoms with Crippen LogP contribution < -0.4 is 5.32 Å². The van der Waals surface area contributed by atoms with E-state index in [1.54, 1.807) is 0 Å². The van der Waals surface area contributed by atoms with Crippen LogP contribution in [0, 0.1) is 5.92 Å². The molecule has 1 fully saturated rings. The van der Waals surface area contributed by atoms with Crippen LogP contribution in [0.2, 0.25) is 0 Å². The first kappa shape index (κ1) is 14.0. The Hall–Kier alpha value is -0.410. The molecule has 1 aliphatic carbocycles. The third-order valence-corrected chi connectivity index (χ3v) is 4.52. The number of halogens is 1. The van der Waals surface area contributed by atoms with Gasteiger partial charge in [-0.3, -0.25) is 4.98 Å². The van der Waals surface area contributed by atoms with Gasteiger partial charge in [0.1, 0.15) is 0 Å². The second-order valence-corrected chi connectivity index (χ2v) is 6.30. The van der Waals surface area contributed by atoms with Crippen molar-refractivity contribution < 1.29 is 0 Å². The van der Waals surface area contributed by atoms with E-state index in [9.17, 15) is 0 Å². The van der Waals surface area contributed by atoms with E-state index in [4.69, 9.17) is 0 Å². The van der Waals surface area contributed by atoms with Crippen LogP contribution >= 0.6 is 15.9 Å². The third kappa shape index (κ3) is 4.36. The molecular formula is C15H23BrN2. The summed E-state index contributed by atoms with van der Waals surface area (Å²) in [5.41, 5.74) is 1.18. The maximum Gasteiger partial charge on any atom is 0.0419 e. The quantitative estimate of drug-likeness (QED) is 0.860. The van der Waals surface area contributed by atoms with E-state index >= 15 is 0 Å². The Morgan fingerprint density at radius 3 is 2.78 bits per heavy atom. The molecule has 1 aliphatic rings. The van der Waals surface area contributed by atoms with Crippen LogP contribution in [0.3, 0.4) is 0 Å². The van der Waals surface area contributed by atoms with Gasteiger partial charge in [-0.05, 0) is 53.9 Å². The highest BCUT2D eigenvalue weighted by Crippen LogP contribution is 2.29. The Morgan fingerprint density at radius 1 is 1.39 bits per heavy atom. The van der Waals surface area contributed by atoms with Crippen LogP contribution in [0.4, 0.5) is 0 Å². The van der Waals surface area contributed by atoms with Crippen molar-refractivity contribution in [3.63, 3.8) is 0 Å². The summed E-state index contributed by atoms with van der Waals surface area (Å²) in [6.07, 6.45) is 11.4. The summed E-state index contributed by atoms with van der Waals surface area (Å²) < 4.78 is 1.05. The second kappa shape index (κ2) is 7.25. The molecule has 1 N–H and O–H groups in total. The summed E-state index contributed by atoms with van der Waals surface area (Å²) in [5.74, 6) is 0.985. The number of rotatable bonds is 6. The van der Waals surface area contributed by atoms with Crippen molar-refractivity contribution in [1.29, 1.82) is 0 Å². The molecule has 1 saturated carbocycles. The zero-order valence-corrected chi connectivity index (χ0v) is 12.7. The first-order chi connectivity index (χ1) is 8.78. The van der Waals surface area contributed by atoms with Gasteiger partial charge in [-0.25, -0.2) is 0 Å². The lowest BCUT2D eigenvalue weighted by molar-refractivity contribution is 0.416. The molecule has 2 nitrogen and oxygen atoms in total. The van der Waals surface area contributed by atoms with Gasteiger partial charge in [-0.1, -0.05) is 25.7 Å². The smallest absolute Gasteiger partial charge is 0.0419 e. The Bertz CT molecular complexity index is 344. The fraction of sp³-hybridized carbons (Fsp3) is 0.667. The van der Waals surface area contributed by atoms with Gasteiger partial charge in [-0.15, -0.1) is 0 Å². The average Bonchev–Trinajstić information content (AvgIpc) is 2.90. The van der Waals surface area contributed by atoms with Crippen molar-refractivity contribution >= 4 is 15.9 Å². The SMILES string of the molecule is CNC(CCC1CCCC1)Cc1ccc(Br)cn1. The van der Waals surface area contributed by atoms with Gasteiger partial charge < -0.3 is 5.32 Å². The Balaban J connectivity index is 1.79. The molecule has 0 bridgehead atoms. The highest BCUT2D eigenvalue weighted by molar-refractivity contribution is 9.10. The van der Waals surface area contributed by atoms with Crippen molar-refractivity contribution in [2.45, 2.75) is 51.0 Å². The number of nitrogens with one attached hydrogen (secondary N) is 1. The van der Waals surface area contributed by atoms with E-state index < -0.39 is 0 Å². The van der Waals surface area contributed by atoms with Gasteiger partial charge in [0.05, 0.1) is 0 Å². The van der Waals surface area contributed by atoms with E-state index in [2.05, 4.69) is 45.4 Å². The van der Waals surface area contributed by atoms with Crippen molar-refractivity contribution in [3.8, 4) is 0 Å². The van der Waals surface area contributed by atoms with E-state index in [0.717, 1.165) is 16.8 Å².